The number of rotatable bonds is 2. The molecule has 2 heteroatoms. The molecule has 0 saturated heterocycles. The van der Waals surface area contributed by atoms with Crippen LogP contribution < -0.4 is 0 Å². The van der Waals surface area contributed by atoms with Crippen molar-refractivity contribution in [3.05, 3.63) is 23.7 Å². The molecule has 52 valence electrons. The van der Waals surface area contributed by atoms with Crippen LogP contribution in [0.5, 0.6) is 0 Å². The summed E-state index contributed by atoms with van der Waals surface area (Å²) in [6.45, 7) is 0.00801. The maximum atomic E-state index is 8.61. The Bertz CT molecular complexity index is 242. The summed E-state index contributed by atoms with van der Waals surface area (Å²) in [5.74, 6) is 3.17. The van der Waals surface area contributed by atoms with Gasteiger partial charge in [-0.15, -0.1) is 6.42 Å². The minimum absolute atomic E-state index is 0.00801. The molecule has 1 rings (SSSR count). The molecule has 0 atom stereocenters. The van der Waals surface area contributed by atoms with E-state index >= 15 is 0 Å². The number of terminal acetylenes is 1. The third kappa shape index (κ3) is 1.40. The Balaban J connectivity index is 2.70. The summed E-state index contributed by atoms with van der Waals surface area (Å²) in [7, 11) is 0. The number of aliphatic hydroxyl groups is 1. The van der Waals surface area contributed by atoms with E-state index in [4.69, 9.17) is 15.9 Å². The van der Waals surface area contributed by atoms with Gasteiger partial charge in [-0.2, -0.15) is 0 Å². The van der Waals surface area contributed by atoms with Crippen molar-refractivity contribution in [3.8, 4) is 12.3 Å². The number of furan rings is 1. The first-order valence-corrected chi connectivity index (χ1v) is 2.97. The molecule has 0 aliphatic rings. The van der Waals surface area contributed by atoms with Crippen molar-refractivity contribution in [2.24, 2.45) is 0 Å². The van der Waals surface area contributed by atoms with Crippen LogP contribution >= 0.6 is 0 Å². The van der Waals surface area contributed by atoms with Gasteiger partial charge in [0, 0.05) is 5.56 Å². The molecule has 0 aliphatic heterocycles. The van der Waals surface area contributed by atoms with E-state index in [9.17, 15) is 0 Å². The molecule has 1 N–H and O–H groups in total. The second kappa shape index (κ2) is 3.09. The highest BCUT2D eigenvalue weighted by atomic mass is 16.3. The molecule has 0 radical (unpaired) electrons. The Labute approximate surface area is 59.5 Å². The van der Waals surface area contributed by atoms with Crippen molar-refractivity contribution in [1.29, 1.82) is 0 Å². The first kappa shape index (κ1) is 6.91. The monoisotopic (exact) mass is 136 g/mol. The zero-order valence-corrected chi connectivity index (χ0v) is 5.50. The number of hydrogen-bond acceptors (Lipinski definition) is 2. The zero-order chi connectivity index (χ0) is 7.40. The standard InChI is InChI=1S/C8H8O2/c1-2-3-8-4-7(5-9)6-10-8/h1,4,6,9H,3,5H2. The molecule has 0 bridgehead atoms. The van der Waals surface area contributed by atoms with Crippen LogP contribution in [0, 0.1) is 12.3 Å². The van der Waals surface area contributed by atoms with Crippen molar-refractivity contribution >= 4 is 0 Å². The summed E-state index contributed by atoms with van der Waals surface area (Å²) in [6, 6.07) is 1.75. The lowest BCUT2D eigenvalue weighted by molar-refractivity contribution is 0.280. The molecule has 0 amide bonds. The van der Waals surface area contributed by atoms with E-state index in [0.29, 0.717) is 6.42 Å². The Morgan fingerprint density at radius 2 is 2.50 bits per heavy atom. The smallest absolute Gasteiger partial charge is 0.116 e. The lowest BCUT2D eigenvalue weighted by Gasteiger charge is -1.81. The van der Waals surface area contributed by atoms with E-state index in [1.54, 1.807) is 6.07 Å². The molecule has 0 saturated carbocycles. The average molecular weight is 136 g/mol. The lowest BCUT2D eigenvalue weighted by Crippen LogP contribution is -1.76. The van der Waals surface area contributed by atoms with Gasteiger partial charge in [-0.05, 0) is 6.07 Å². The van der Waals surface area contributed by atoms with Crippen LogP contribution in [0.3, 0.4) is 0 Å². The fourth-order valence-corrected chi connectivity index (χ4v) is 0.702. The van der Waals surface area contributed by atoms with E-state index in [1.807, 2.05) is 0 Å². The second-order valence-corrected chi connectivity index (χ2v) is 1.96. The fourth-order valence-electron chi connectivity index (χ4n) is 0.702. The summed E-state index contributed by atoms with van der Waals surface area (Å²) in [4.78, 5) is 0. The van der Waals surface area contributed by atoms with Gasteiger partial charge in [0.1, 0.15) is 5.76 Å². The normalized spacial score (nSPS) is 9.20. The van der Waals surface area contributed by atoms with Crippen LogP contribution in [0.2, 0.25) is 0 Å². The maximum absolute atomic E-state index is 8.61. The first-order chi connectivity index (χ1) is 4.86. The summed E-state index contributed by atoms with van der Waals surface area (Å²) in [5.41, 5.74) is 0.769. The summed E-state index contributed by atoms with van der Waals surface area (Å²) in [5, 5.41) is 8.61. The zero-order valence-electron chi connectivity index (χ0n) is 5.50. The van der Waals surface area contributed by atoms with Crippen LogP contribution in [0.15, 0.2) is 16.7 Å². The van der Waals surface area contributed by atoms with Crippen LogP contribution in [-0.2, 0) is 13.0 Å². The van der Waals surface area contributed by atoms with Gasteiger partial charge in [0.25, 0.3) is 0 Å². The van der Waals surface area contributed by atoms with Crippen molar-refractivity contribution in [2.45, 2.75) is 13.0 Å². The van der Waals surface area contributed by atoms with E-state index in [-0.39, 0.29) is 6.61 Å². The third-order valence-corrected chi connectivity index (χ3v) is 1.17. The van der Waals surface area contributed by atoms with Crippen LogP contribution in [0.25, 0.3) is 0 Å². The van der Waals surface area contributed by atoms with Crippen molar-refractivity contribution < 1.29 is 9.52 Å². The van der Waals surface area contributed by atoms with E-state index in [2.05, 4.69) is 5.92 Å². The Morgan fingerprint density at radius 1 is 1.70 bits per heavy atom. The SMILES string of the molecule is C#CCc1cc(CO)co1. The first-order valence-electron chi connectivity index (χ1n) is 2.97. The summed E-state index contributed by atoms with van der Waals surface area (Å²) < 4.78 is 4.99. The molecule has 1 aromatic rings. The molecule has 0 aliphatic carbocycles. The van der Waals surface area contributed by atoms with Gasteiger partial charge < -0.3 is 9.52 Å². The third-order valence-electron chi connectivity index (χ3n) is 1.17. The molecular weight excluding hydrogens is 128 g/mol. The molecule has 0 spiro atoms. The summed E-state index contributed by atoms with van der Waals surface area (Å²) >= 11 is 0. The molecule has 0 unspecified atom stereocenters. The Kier molecular flexibility index (Phi) is 2.14. The highest BCUT2D eigenvalue weighted by Crippen LogP contribution is 2.07. The van der Waals surface area contributed by atoms with Gasteiger partial charge in [-0.1, -0.05) is 5.92 Å². The van der Waals surface area contributed by atoms with E-state index < -0.39 is 0 Å². The Morgan fingerprint density at radius 3 is 3.00 bits per heavy atom. The lowest BCUT2D eigenvalue weighted by atomic mass is 10.3. The minimum atomic E-state index is 0.00801. The van der Waals surface area contributed by atoms with E-state index in [0.717, 1.165) is 11.3 Å². The van der Waals surface area contributed by atoms with Crippen LogP contribution in [0.1, 0.15) is 11.3 Å². The fraction of sp³-hybridized carbons (Fsp3) is 0.250. The molecule has 2 nitrogen and oxygen atoms in total. The van der Waals surface area contributed by atoms with Gasteiger partial charge in [-0.3, -0.25) is 0 Å². The maximum Gasteiger partial charge on any atom is 0.116 e. The highest BCUT2D eigenvalue weighted by Gasteiger charge is 1.97. The minimum Gasteiger partial charge on any atom is -0.468 e. The van der Waals surface area contributed by atoms with Crippen LogP contribution in [-0.4, -0.2) is 5.11 Å². The number of hydrogen-bond donors (Lipinski definition) is 1. The molecular formula is C8H8O2. The molecule has 0 fully saturated rings. The highest BCUT2D eigenvalue weighted by molar-refractivity contribution is 5.15. The number of aliphatic hydroxyl groups excluding tert-OH is 1. The van der Waals surface area contributed by atoms with Gasteiger partial charge in [0.15, 0.2) is 0 Å². The van der Waals surface area contributed by atoms with Gasteiger partial charge >= 0.3 is 0 Å². The van der Waals surface area contributed by atoms with Crippen LogP contribution in [0.4, 0.5) is 0 Å². The van der Waals surface area contributed by atoms with Gasteiger partial charge in [0.05, 0.1) is 19.3 Å². The molecule has 1 heterocycles. The molecule has 10 heavy (non-hydrogen) atoms. The quantitative estimate of drug-likeness (QED) is 0.614. The molecule has 1 aromatic heterocycles. The summed E-state index contributed by atoms with van der Waals surface area (Å²) in [6.07, 6.45) is 7.03. The van der Waals surface area contributed by atoms with Crippen molar-refractivity contribution in [1.82, 2.24) is 0 Å². The molecule has 0 aromatic carbocycles. The second-order valence-electron chi connectivity index (χ2n) is 1.96. The van der Waals surface area contributed by atoms with Gasteiger partial charge in [0.2, 0.25) is 0 Å². The topological polar surface area (TPSA) is 33.4 Å². The van der Waals surface area contributed by atoms with Gasteiger partial charge in [-0.25, -0.2) is 0 Å². The largest absolute Gasteiger partial charge is 0.468 e. The van der Waals surface area contributed by atoms with Crippen molar-refractivity contribution in [2.75, 3.05) is 0 Å². The predicted molar refractivity (Wildman–Crippen MR) is 37.2 cm³/mol. The van der Waals surface area contributed by atoms with Crippen molar-refractivity contribution in [3.63, 3.8) is 0 Å². The Hall–Kier alpha value is -1.20. The van der Waals surface area contributed by atoms with E-state index in [1.165, 1.54) is 6.26 Å². The average Bonchev–Trinajstić information content (AvgIpc) is 2.37. The predicted octanol–water partition coefficient (Wildman–Crippen LogP) is 0.948.